The van der Waals surface area contributed by atoms with E-state index in [2.05, 4.69) is 26.2 Å². The molecule has 3 heteroatoms. The number of rotatable bonds is 6. The summed E-state index contributed by atoms with van der Waals surface area (Å²) in [6.07, 6.45) is 7.68. The van der Waals surface area contributed by atoms with Gasteiger partial charge in [-0.3, -0.25) is 11.3 Å². The molecule has 1 fully saturated rings. The zero-order valence-corrected chi connectivity index (χ0v) is 12.0. The highest BCUT2D eigenvalue weighted by molar-refractivity contribution is 4.85. The Hall–Kier alpha value is -0.120. The van der Waals surface area contributed by atoms with Gasteiger partial charge in [-0.15, -0.1) is 0 Å². The van der Waals surface area contributed by atoms with Crippen LogP contribution in [0.2, 0.25) is 0 Å². The summed E-state index contributed by atoms with van der Waals surface area (Å²) in [5.41, 5.74) is 2.93. The first-order valence-corrected chi connectivity index (χ1v) is 7.03. The summed E-state index contributed by atoms with van der Waals surface area (Å²) in [6.45, 7) is 6.57. The topological polar surface area (TPSA) is 47.3 Å². The second kappa shape index (κ2) is 6.72. The number of hydrogen-bond donors (Lipinski definition) is 2. The smallest absolute Gasteiger partial charge is 0.0638 e. The Morgan fingerprint density at radius 3 is 2.29 bits per heavy atom. The van der Waals surface area contributed by atoms with Crippen LogP contribution in [0.3, 0.4) is 0 Å². The summed E-state index contributed by atoms with van der Waals surface area (Å²) in [5, 5.41) is 0. The van der Waals surface area contributed by atoms with Crippen molar-refractivity contribution in [1.29, 1.82) is 0 Å². The molecule has 0 aliphatic heterocycles. The van der Waals surface area contributed by atoms with Gasteiger partial charge in [0.2, 0.25) is 0 Å². The average Bonchev–Trinajstić information content (AvgIpc) is 2.36. The molecule has 0 spiro atoms. The highest BCUT2D eigenvalue weighted by Crippen LogP contribution is 2.34. The molecule has 3 nitrogen and oxygen atoms in total. The molecule has 17 heavy (non-hydrogen) atoms. The summed E-state index contributed by atoms with van der Waals surface area (Å²) < 4.78 is 5.51. The van der Waals surface area contributed by atoms with Crippen LogP contribution in [0.15, 0.2) is 0 Å². The van der Waals surface area contributed by atoms with Gasteiger partial charge in [0.05, 0.1) is 5.60 Å². The third-order valence-corrected chi connectivity index (χ3v) is 4.52. The number of hydrogen-bond acceptors (Lipinski definition) is 3. The van der Waals surface area contributed by atoms with Gasteiger partial charge >= 0.3 is 0 Å². The zero-order chi connectivity index (χ0) is 12.9. The molecule has 0 aromatic carbocycles. The SMILES string of the molecule is CCC1CCC(C(CC(C)(C)OC)NN)CC1. The highest BCUT2D eigenvalue weighted by Gasteiger charge is 2.30. The molecule has 3 N–H and O–H groups in total. The van der Waals surface area contributed by atoms with Crippen molar-refractivity contribution in [2.24, 2.45) is 17.7 Å². The van der Waals surface area contributed by atoms with Crippen LogP contribution in [0.4, 0.5) is 0 Å². The first kappa shape index (κ1) is 14.9. The minimum Gasteiger partial charge on any atom is -0.379 e. The predicted molar refractivity (Wildman–Crippen MR) is 72.6 cm³/mol. The minimum atomic E-state index is -0.0847. The van der Waals surface area contributed by atoms with Crippen molar-refractivity contribution in [3.05, 3.63) is 0 Å². The van der Waals surface area contributed by atoms with E-state index >= 15 is 0 Å². The fourth-order valence-corrected chi connectivity index (χ4v) is 2.97. The fourth-order valence-electron chi connectivity index (χ4n) is 2.97. The molecule has 0 saturated heterocycles. The van der Waals surface area contributed by atoms with Crippen molar-refractivity contribution >= 4 is 0 Å². The van der Waals surface area contributed by atoms with E-state index in [1.165, 1.54) is 32.1 Å². The number of ether oxygens (including phenoxy) is 1. The van der Waals surface area contributed by atoms with Gasteiger partial charge in [-0.25, -0.2) is 0 Å². The van der Waals surface area contributed by atoms with Gasteiger partial charge < -0.3 is 4.74 Å². The maximum absolute atomic E-state index is 5.73. The molecule has 1 aliphatic carbocycles. The Morgan fingerprint density at radius 1 is 1.29 bits per heavy atom. The summed E-state index contributed by atoms with van der Waals surface area (Å²) in [7, 11) is 1.78. The molecule has 0 aromatic rings. The molecular formula is C14H30N2O. The largest absolute Gasteiger partial charge is 0.379 e. The maximum Gasteiger partial charge on any atom is 0.0638 e. The summed E-state index contributed by atoms with van der Waals surface area (Å²) in [4.78, 5) is 0. The van der Waals surface area contributed by atoms with E-state index in [1.807, 2.05) is 0 Å². The van der Waals surface area contributed by atoms with Crippen LogP contribution >= 0.6 is 0 Å². The lowest BCUT2D eigenvalue weighted by Crippen LogP contribution is -2.46. The van der Waals surface area contributed by atoms with Crippen LogP contribution in [-0.2, 0) is 4.74 Å². The van der Waals surface area contributed by atoms with E-state index in [4.69, 9.17) is 10.6 Å². The highest BCUT2D eigenvalue weighted by atomic mass is 16.5. The van der Waals surface area contributed by atoms with Crippen LogP contribution in [0.5, 0.6) is 0 Å². The van der Waals surface area contributed by atoms with Crippen LogP contribution in [-0.4, -0.2) is 18.8 Å². The monoisotopic (exact) mass is 242 g/mol. The Kier molecular flexibility index (Phi) is 5.90. The molecule has 1 saturated carbocycles. The molecule has 0 bridgehead atoms. The van der Waals surface area contributed by atoms with E-state index in [1.54, 1.807) is 7.11 Å². The number of hydrazine groups is 1. The van der Waals surface area contributed by atoms with Crippen molar-refractivity contribution in [2.75, 3.05) is 7.11 Å². The first-order valence-electron chi connectivity index (χ1n) is 7.03. The van der Waals surface area contributed by atoms with Crippen molar-refractivity contribution in [2.45, 2.75) is 70.9 Å². The molecule has 0 heterocycles. The summed E-state index contributed by atoms with van der Waals surface area (Å²) in [6, 6.07) is 0.391. The van der Waals surface area contributed by atoms with Crippen molar-refractivity contribution in [3.8, 4) is 0 Å². The van der Waals surface area contributed by atoms with Crippen molar-refractivity contribution in [3.63, 3.8) is 0 Å². The molecule has 0 amide bonds. The molecule has 1 aliphatic rings. The van der Waals surface area contributed by atoms with E-state index in [0.717, 1.165) is 18.3 Å². The van der Waals surface area contributed by atoms with Gasteiger partial charge in [0.1, 0.15) is 0 Å². The molecule has 1 atom stereocenters. The lowest BCUT2D eigenvalue weighted by atomic mass is 9.75. The second-order valence-corrected chi connectivity index (χ2v) is 6.13. The van der Waals surface area contributed by atoms with Gasteiger partial charge in [-0.1, -0.05) is 26.2 Å². The van der Waals surface area contributed by atoms with Crippen LogP contribution in [0.25, 0.3) is 0 Å². The summed E-state index contributed by atoms with van der Waals surface area (Å²) >= 11 is 0. The molecule has 0 aromatic heterocycles. The van der Waals surface area contributed by atoms with E-state index in [-0.39, 0.29) is 5.60 Å². The number of methoxy groups -OCH3 is 1. The minimum absolute atomic E-state index is 0.0847. The standard InChI is InChI=1S/C14H30N2O/c1-5-11-6-8-12(9-7-11)13(16-15)10-14(2,3)17-4/h11-13,16H,5-10,15H2,1-4H3. The summed E-state index contributed by atoms with van der Waals surface area (Å²) in [5.74, 6) is 7.39. The van der Waals surface area contributed by atoms with Crippen LogP contribution in [0, 0.1) is 11.8 Å². The van der Waals surface area contributed by atoms with Gasteiger partial charge in [-0.05, 0) is 44.9 Å². The number of nitrogens with one attached hydrogen (secondary N) is 1. The van der Waals surface area contributed by atoms with E-state index in [9.17, 15) is 0 Å². The normalized spacial score (nSPS) is 28.1. The van der Waals surface area contributed by atoms with E-state index in [0.29, 0.717) is 6.04 Å². The third kappa shape index (κ3) is 4.57. The second-order valence-electron chi connectivity index (χ2n) is 6.13. The Labute approximate surface area is 106 Å². The van der Waals surface area contributed by atoms with Gasteiger partial charge in [-0.2, -0.15) is 0 Å². The number of nitrogens with two attached hydrogens (primary N) is 1. The fraction of sp³-hybridized carbons (Fsp3) is 1.00. The van der Waals surface area contributed by atoms with Crippen molar-refractivity contribution in [1.82, 2.24) is 5.43 Å². The van der Waals surface area contributed by atoms with E-state index < -0.39 is 0 Å². The lowest BCUT2D eigenvalue weighted by Gasteiger charge is -2.37. The van der Waals surface area contributed by atoms with Gasteiger partial charge in [0.25, 0.3) is 0 Å². The predicted octanol–water partition coefficient (Wildman–Crippen LogP) is 2.85. The lowest BCUT2D eigenvalue weighted by molar-refractivity contribution is -0.00156. The van der Waals surface area contributed by atoms with Gasteiger partial charge in [0, 0.05) is 13.2 Å². The zero-order valence-electron chi connectivity index (χ0n) is 12.0. The molecule has 1 rings (SSSR count). The van der Waals surface area contributed by atoms with Crippen LogP contribution < -0.4 is 11.3 Å². The maximum atomic E-state index is 5.73. The third-order valence-electron chi connectivity index (χ3n) is 4.52. The Morgan fingerprint density at radius 2 is 1.88 bits per heavy atom. The first-order chi connectivity index (χ1) is 8.02. The van der Waals surface area contributed by atoms with Crippen LogP contribution in [0.1, 0.15) is 59.3 Å². The molecule has 1 unspecified atom stereocenters. The molecule has 102 valence electrons. The molecular weight excluding hydrogens is 212 g/mol. The van der Waals surface area contributed by atoms with Gasteiger partial charge in [0.15, 0.2) is 0 Å². The van der Waals surface area contributed by atoms with Crippen molar-refractivity contribution < 1.29 is 4.74 Å². The average molecular weight is 242 g/mol. The molecule has 0 radical (unpaired) electrons. The quantitative estimate of drug-likeness (QED) is 0.556. The Balaban J connectivity index is 2.46. The Bertz CT molecular complexity index is 210.